The second-order valence-electron chi connectivity index (χ2n) is 6.97. The SMILES string of the molecule is CCN(CC(=O)N1CCc2cc(OC)c(OC)cc2C1)Cc1cccc(F)c1. The molecule has 0 unspecified atom stereocenters. The van der Waals surface area contributed by atoms with Crippen LogP contribution in [0.3, 0.4) is 0 Å². The highest BCUT2D eigenvalue weighted by molar-refractivity contribution is 5.78. The maximum atomic E-state index is 13.4. The molecule has 1 amide bonds. The molecule has 6 heteroatoms. The van der Waals surface area contributed by atoms with Crippen LogP contribution in [0.4, 0.5) is 4.39 Å². The molecule has 0 atom stereocenters. The molecule has 0 aliphatic carbocycles. The Bertz CT molecular complexity index is 841. The Morgan fingerprint density at radius 2 is 1.86 bits per heavy atom. The molecule has 0 aromatic heterocycles. The number of ether oxygens (including phenoxy) is 2. The summed E-state index contributed by atoms with van der Waals surface area (Å²) in [6, 6.07) is 10.5. The van der Waals surface area contributed by atoms with E-state index in [0.717, 1.165) is 24.1 Å². The van der Waals surface area contributed by atoms with Gasteiger partial charge in [-0.2, -0.15) is 0 Å². The molecule has 0 radical (unpaired) electrons. The lowest BCUT2D eigenvalue weighted by Crippen LogP contribution is -2.42. The van der Waals surface area contributed by atoms with Crippen LogP contribution in [-0.4, -0.2) is 49.6 Å². The minimum absolute atomic E-state index is 0.0821. The fourth-order valence-electron chi connectivity index (χ4n) is 3.56. The van der Waals surface area contributed by atoms with Crippen molar-refractivity contribution in [2.45, 2.75) is 26.4 Å². The molecule has 5 nitrogen and oxygen atoms in total. The van der Waals surface area contributed by atoms with Gasteiger partial charge in [0.05, 0.1) is 20.8 Å². The number of rotatable bonds is 7. The summed E-state index contributed by atoms with van der Waals surface area (Å²) < 4.78 is 24.2. The molecule has 1 aliphatic rings. The third kappa shape index (κ3) is 4.62. The van der Waals surface area contributed by atoms with Gasteiger partial charge in [0.2, 0.25) is 5.91 Å². The Labute approximate surface area is 165 Å². The summed E-state index contributed by atoms with van der Waals surface area (Å²) in [6.07, 6.45) is 0.789. The van der Waals surface area contributed by atoms with E-state index < -0.39 is 0 Å². The maximum Gasteiger partial charge on any atom is 0.237 e. The molecule has 2 aromatic rings. The number of methoxy groups -OCH3 is 2. The summed E-state index contributed by atoms with van der Waals surface area (Å²) in [6.45, 7) is 4.84. The summed E-state index contributed by atoms with van der Waals surface area (Å²) in [5, 5.41) is 0. The quantitative estimate of drug-likeness (QED) is 0.733. The average molecular weight is 386 g/mol. The molecule has 28 heavy (non-hydrogen) atoms. The van der Waals surface area contributed by atoms with Crippen molar-refractivity contribution < 1.29 is 18.7 Å². The van der Waals surface area contributed by atoms with E-state index >= 15 is 0 Å². The van der Waals surface area contributed by atoms with E-state index in [-0.39, 0.29) is 11.7 Å². The third-order valence-corrected chi connectivity index (χ3v) is 5.17. The van der Waals surface area contributed by atoms with Gasteiger partial charge in [0.1, 0.15) is 5.82 Å². The number of amides is 1. The number of nitrogens with zero attached hydrogens (tertiary/aromatic N) is 2. The fraction of sp³-hybridized carbons (Fsp3) is 0.409. The zero-order valence-electron chi connectivity index (χ0n) is 16.7. The average Bonchev–Trinajstić information content (AvgIpc) is 2.71. The highest BCUT2D eigenvalue weighted by atomic mass is 19.1. The predicted molar refractivity (Wildman–Crippen MR) is 106 cm³/mol. The van der Waals surface area contributed by atoms with Crippen molar-refractivity contribution >= 4 is 5.91 Å². The van der Waals surface area contributed by atoms with Crippen molar-refractivity contribution in [3.8, 4) is 11.5 Å². The summed E-state index contributed by atoms with van der Waals surface area (Å²) in [7, 11) is 3.24. The zero-order valence-corrected chi connectivity index (χ0v) is 16.7. The lowest BCUT2D eigenvalue weighted by molar-refractivity contribution is -0.133. The lowest BCUT2D eigenvalue weighted by Gasteiger charge is -2.31. The molecule has 0 fully saturated rings. The van der Waals surface area contributed by atoms with Crippen LogP contribution in [0.15, 0.2) is 36.4 Å². The van der Waals surface area contributed by atoms with Crippen LogP contribution < -0.4 is 9.47 Å². The Morgan fingerprint density at radius 3 is 2.50 bits per heavy atom. The van der Waals surface area contributed by atoms with Crippen LogP contribution in [0.25, 0.3) is 0 Å². The topological polar surface area (TPSA) is 42.0 Å². The number of likely N-dealkylation sites (N-methyl/N-ethyl adjacent to an activating group) is 1. The van der Waals surface area contributed by atoms with Gasteiger partial charge in [0.15, 0.2) is 11.5 Å². The van der Waals surface area contributed by atoms with Gasteiger partial charge in [-0.15, -0.1) is 0 Å². The van der Waals surface area contributed by atoms with E-state index in [1.54, 1.807) is 20.3 Å². The number of hydrogen-bond acceptors (Lipinski definition) is 4. The molecule has 1 aliphatic heterocycles. The van der Waals surface area contributed by atoms with E-state index in [1.807, 2.05) is 34.9 Å². The summed E-state index contributed by atoms with van der Waals surface area (Å²) in [5.41, 5.74) is 3.15. The van der Waals surface area contributed by atoms with Crippen LogP contribution in [0.1, 0.15) is 23.6 Å². The lowest BCUT2D eigenvalue weighted by atomic mass is 9.98. The van der Waals surface area contributed by atoms with Gasteiger partial charge in [-0.3, -0.25) is 9.69 Å². The molecule has 0 bridgehead atoms. The molecule has 2 aromatic carbocycles. The van der Waals surface area contributed by atoms with E-state index in [9.17, 15) is 9.18 Å². The van der Waals surface area contributed by atoms with Gasteiger partial charge < -0.3 is 14.4 Å². The van der Waals surface area contributed by atoms with Crippen LogP contribution >= 0.6 is 0 Å². The van der Waals surface area contributed by atoms with E-state index in [0.29, 0.717) is 37.7 Å². The van der Waals surface area contributed by atoms with Crippen LogP contribution in [0.5, 0.6) is 11.5 Å². The van der Waals surface area contributed by atoms with Gasteiger partial charge >= 0.3 is 0 Å². The van der Waals surface area contributed by atoms with E-state index in [2.05, 4.69) is 0 Å². The monoisotopic (exact) mass is 386 g/mol. The second-order valence-corrected chi connectivity index (χ2v) is 6.97. The highest BCUT2D eigenvalue weighted by Gasteiger charge is 2.24. The smallest absolute Gasteiger partial charge is 0.237 e. The minimum Gasteiger partial charge on any atom is -0.493 e. The zero-order chi connectivity index (χ0) is 20.1. The summed E-state index contributed by atoms with van der Waals surface area (Å²) >= 11 is 0. The van der Waals surface area contributed by atoms with Crippen molar-refractivity contribution in [3.63, 3.8) is 0 Å². The number of carbonyl (C=O) groups excluding carboxylic acids is 1. The van der Waals surface area contributed by atoms with Gasteiger partial charge in [0.25, 0.3) is 0 Å². The first-order chi connectivity index (χ1) is 13.5. The normalized spacial score (nSPS) is 13.4. The van der Waals surface area contributed by atoms with Crippen LogP contribution in [-0.2, 0) is 24.3 Å². The third-order valence-electron chi connectivity index (χ3n) is 5.17. The molecule has 0 N–H and O–H groups in total. The largest absolute Gasteiger partial charge is 0.493 e. The molecule has 0 spiro atoms. The van der Waals surface area contributed by atoms with Crippen molar-refractivity contribution in [3.05, 3.63) is 58.9 Å². The molecule has 150 valence electrons. The number of benzene rings is 2. The Kier molecular flexibility index (Phi) is 6.52. The number of hydrogen-bond donors (Lipinski definition) is 0. The highest BCUT2D eigenvalue weighted by Crippen LogP contribution is 2.33. The number of carbonyl (C=O) groups is 1. The molecular formula is C22H27FN2O3. The standard InChI is InChI=1S/C22H27FN2O3/c1-4-24(13-16-6-5-7-19(23)10-16)15-22(26)25-9-8-17-11-20(27-2)21(28-3)12-18(17)14-25/h5-7,10-12H,4,8-9,13-15H2,1-3H3. The predicted octanol–water partition coefficient (Wildman–Crippen LogP) is 3.25. The van der Waals surface area contributed by atoms with Crippen molar-refractivity contribution in [1.29, 1.82) is 0 Å². The van der Waals surface area contributed by atoms with Gasteiger partial charge in [-0.05, 0) is 53.9 Å². The first-order valence-electron chi connectivity index (χ1n) is 9.52. The molecule has 0 saturated heterocycles. The van der Waals surface area contributed by atoms with Gasteiger partial charge in [0, 0.05) is 19.6 Å². The first-order valence-corrected chi connectivity index (χ1v) is 9.52. The number of fused-ring (bicyclic) bond motifs is 1. The fourth-order valence-corrected chi connectivity index (χ4v) is 3.56. The summed E-state index contributed by atoms with van der Waals surface area (Å²) in [4.78, 5) is 16.8. The van der Waals surface area contributed by atoms with E-state index in [4.69, 9.17) is 9.47 Å². The summed E-state index contributed by atoms with van der Waals surface area (Å²) in [5.74, 6) is 1.22. The van der Waals surface area contributed by atoms with Crippen molar-refractivity contribution in [1.82, 2.24) is 9.80 Å². The van der Waals surface area contributed by atoms with Gasteiger partial charge in [-0.25, -0.2) is 4.39 Å². The number of halogens is 1. The maximum absolute atomic E-state index is 13.4. The molecular weight excluding hydrogens is 359 g/mol. The van der Waals surface area contributed by atoms with Crippen molar-refractivity contribution in [2.75, 3.05) is 33.9 Å². The molecule has 0 saturated carbocycles. The Morgan fingerprint density at radius 1 is 1.14 bits per heavy atom. The first kappa shape index (κ1) is 20.1. The van der Waals surface area contributed by atoms with Crippen LogP contribution in [0.2, 0.25) is 0 Å². The van der Waals surface area contributed by atoms with E-state index in [1.165, 1.54) is 17.7 Å². The van der Waals surface area contributed by atoms with Crippen molar-refractivity contribution in [2.24, 2.45) is 0 Å². The second kappa shape index (κ2) is 9.06. The Hall–Kier alpha value is -2.60. The molecule has 3 rings (SSSR count). The molecule has 1 heterocycles. The van der Waals surface area contributed by atoms with Crippen LogP contribution in [0, 0.1) is 5.82 Å². The van der Waals surface area contributed by atoms with Gasteiger partial charge in [-0.1, -0.05) is 19.1 Å². The minimum atomic E-state index is -0.253. The Balaban J connectivity index is 1.66.